The molecule has 7 N–H and O–H groups in total. The van der Waals surface area contributed by atoms with Crippen molar-refractivity contribution in [3.63, 3.8) is 0 Å². The van der Waals surface area contributed by atoms with Crippen molar-refractivity contribution in [2.45, 2.75) is 88.4 Å². The van der Waals surface area contributed by atoms with Gasteiger partial charge < -0.3 is 55.7 Å². The molecule has 119 heavy (non-hydrogen) atoms. The molecule has 4 aliphatic rings. The van der Waals surface area contributed by atoms with Crippen LogP contribution in [0.3, 0.4) is 0 Å². The van der Waals surface area contributed by atoms with Gasteiger partial charge in [-0.15, -0.1) is 9.95 Å². The van der Waals surface area contributed by atoms with Gasteiger partial charge in [0.15, 0.2) is 11.3 Å². The first kappa shape index (κ1) is 87.6. The van der Waals surface area contributed by atoms with Crippen LogP contribution in [-0.4, -0.2) is 128 Å². The number of nitriles is 3. The molecule has 4 aliphatic heterocycles. The summed E-state index contributed by atoms with van der Waals surface area (Å²) in [7, 11) is 0. The molecule has 0 aliphatic carbocycles. The second-order valence-corrected chi connectivity index (χ2v) is 28.6. The van der Waals surface area contributed by atoms with E-state index in [1.54, 1.807) is 30.3 Å². The van der Waals surface area contributed by atoms with E-state index in [0.717, 1.165) is 145 Å². The molecule has 0 bridgehead atoms. The molecule has 7 heterocycles. The molecule has 0 spiro atoms. The number of rotatable bonds is 16. The van der Waals surface area contributed by atoms with Crippen LogP contribution in [0.1, 0.15) is 88.8 Å². The van der Waals surface area contributed by atoms with Gasteiger partial charge in [-0.05, 0) is 165 Å². The summed E-state index contributed by atoms with van der Waals surface area (Å²) in [5.41, 5.74) is 8.99. The minimum Gasteiger partial charge on any atom is -0.425 e. The van der Waals surface area contributed by atoms with Crippen molar-refractivity contribution >= 4 is 67.8 Å². The number of aliphatic imine (C=N–C) groups is 2. The Morgan fingerprint density at radius 3 is 1.16 bits per heavy atom. The monoisotopic (exact) mass is 1590 g/mol. The van der Waals surface area contributed by atoms with Gasteiger partial charge in [-0.2, -0.15) is 22.4 Å². The molecule has 0 atom stereocenters. The Bertz CT molecular complexity index is 5200. The number of aromatic nitrogens is 3. The predicted molar refractivity (Wildman–Crippen MR) is 480 cm³/mol. The lowest BCUT2D eigenvalue weighted by atomic mass is 9.72. The molecule has 0 unspecified atom stereocenters. The number of piperidine rings is 3. The number of nitrogens with two attached hydrogens (primary N) is 1. The second kappa shape index (κ2) is 48.0. The predicted octanol–water partition coefficient (Wildman–Crippen LogP) is 18.3. The molecule has 9 aromatic carbocycles. The molecular formula is C97H106N18O4. The van der Waals surface area contributed by atoms with Gasteiger partial charge in [0.1, 0.15) is 34.7 Å². The molecule has 4 saturated heterocycles. The molecule has 12 aromatic rings. The van der Waals surface area contributed by atoms with Crippen molar-refractivity contribution in [1.29, 1.82) is 15.8 Å². The SMILES string of the molecule is C1CCOC1.CC#N.CCN.CCN=C(NC#N)N1CCC(CNc2nccc3ccccc23)(c2ccccc2)CC1.N#CN=C(Oc1ccccc1)N1CCC(CNc2nccc3ccccc23)(c2ccccc2)CC1.[C-]#[N+]N=C(Oc1ccccc1)Oc1ccccc1.c1ccc(C2(CNc3nccc4ccccc34)CCNCC2)cc1. The quantitative estimate of drug-likeness (QED) is 0.0131. The number of hydrogen-bond donors (Lipinski definition) is 6. The van der Waals surface area contributed by atoms with E-state index in [0.29, 0.717) is 35.8 Å². The van der Waals surface area contributed by atoms with Crippen molar-refractivity contribution in [3.8, 4) is 35.7 Å². The Morgan fingerprint density at radius 1 is 0.487 bits per heavy atom. The lowest BCUT2D eigenvalue weighted by molar-refractivity contribution is 0.198. The standard InChI is InChI=1S/C29H27N5O.C25H28N6.C21H23N3.C14H10N2O2.C4H8O.C2H7N.C2H3N/c30-22-33-28(35-25-12-5-2-6-13-25)34-19-16-29(17-20-34,24-10-3-1-4-11-24)21-32-27-26-14-8-7-9-23(26)15-18-31-27;1-2-27-24(30-19-26)31-16-13-25(14-17-31,21-9-4-3-5-10-21)18-29-23-22-11-7-6-8-20(22)12-15-28-23;1-2-7-18(8-3-1)21(11-14-22-15-12-21)16-24-20-19-9-5-4-6-17(19)10-13-23-20;1-15-16-14(17-12-8-4-2-5-9-12)18-13-10-6-3-7-11-13;1-2-4-5-3-1;2*1-2-3/h1-15,18H,16-17,19-21H2,(H,31,32);3-12,15H,2,13-14,16-18H2,1H3,(H,27,30)(H,28,29);1-10,13,22H,11-12,14-16H2,(H,23,24);2-11H;1-4H2;2-3H2,1H3;1H3. The third-order valence-electron chi connectivity index (χ3n) is 21.0. The maximum Gasteiger partial charge on any atom is 0.475 e. The van der Waals surface area contributed by atoms with Crippen LogP contribution in [0.5, 0.6) is 17.2 Å². The second-order valence-electron chi connectivity index (χ2n) is 28.6. The molecule has 0 saturated carbocycles. The Labute approximate surface area is 700 Å². The Hall–Kier alpha value is -13.7. The minimum absolute atomic E-state index is 0.0135. The Kier molecular flexibility index (Phi) is 35.3. The number of nitrogens with zero attached hydrogens (tertiary/aromatic N) is 12. The van der Waals surface area contributed by atoms with Gasteiger partial charge in [0.25, 0.3) is 0 Å². The van der Waals surface area contributed by atoms with E-state index < -0.39 is 0 Å². The number of benzene rings is 9. The molecule has 22 nitrogen and oxygen atoms in total. The van der Waals surface area contributed by atoms with Crippen LogP contribution in [-0.2, 0) is 21.0 Å². The average Bonchev–Trinajstić information content (AvgIpc) is 1.19. The maximum absolute atomic E-state index is 9.26. The summed E-state index contributed by atoms with van der Waals surface area (Å²) in [5.74, 6) is 5.30. The van der Waals surface area contributed by atoms with E-state index in [-0.39, 0.29) is 22.3 Å². The summed E-state index contributed by atoms with van der Waals surface area (Å²) >= 11 is 0. The summed E-state index contributed by atoms with van der Waals surface area (Å²) in [6.07, 6.45) is 18.0. The topological polar surface area (TPSA) is 281 Å². The van der Waals surface area contributed by atoms with Crippen molar-refractivity contribution in [3.05, 3.63) is 320 Å². The molecule has 22 heteroatoms. The maximum atomic E-state index is 9.26. The van der Waals surface area contributed by atoms with E-state index in [2.05, 4.69) is 229 Å². The van der Waals surface area contributed by atoms with Crippen LogP contribution in [0.2, 0.25) is 0 Å². The van der Waals surface area contributed by atoms with Gasteiger partial charge in [-0.3, -0.25) is 10.3 Å². The fourth-order valence-electron chi connectivity index (χ4n) is 14.8. The smallest absolute Gasteiger partial charge is 0.425 e. The fraction of sp³-hybridized carbons (Fsp3) is 0.278. The number of hydrogen-bond acceptors (Lipinski definition) is 18. The zero-order valence-corrected chi connectivity index (χ0v) is 68.1. The summed E-state index contributed by atoms with van der Waals surface area (Å²) in [5, 5.41) is 53.4. The lowest BCUT2D eigenvalue weighted by Gasteiger charge is -2.43. The van der Waals surface area contributed by atoms with Gasteiger partial charge in [0.05, 0.1) is 6.07 Å². The minimum atomic E-state index is -0.0950. The molecular weight excluding hydrogens is 1480 g/mol. The molecule has 0 radical (unpaired) electrons. The van der Waals surface area contributed by atoms with Crippen LogP contribution >= 0.6 is 0 Å². The summed E-state index contributed by atoms with van der Waals surface area (Å²) in [4.78, 5) is 29.5. The number of ether oxygens (including phenoxy) is 4. The number of guanidine groups is 1. The number of para-hydroxylation sites is 3. The molecule has 0 amide bonds. The van der Waals surface area contributed by atoms with Crippen LogP contribution in [0.25, 0.3) is 37.3 Å². The fourth-order valence-corrected chi connectivity index (χ4v) is 14.8. The Balaban J connectivity index is 0.000000163. The Morgan fingerprint density at radius 2 is 0.824 bits per heavy atom. The van der Waals surface area contributed by atoms with Crippen LogP contribution in [0, 0.1) is 40.8 Å². The van der Waals surface area contributed by atoms with E-state index in [9.17, 15) is 5.26 Å². The molecule has 3 aromatic heterocycles. The van der Waals surface area contributed by atoms with Crippen molar-refractivity contribution < 1.29 is 18.9 Å². The van der Waals surface area contributed by atoms with E-state index in [1.165, 1.54) is 58.0 Å². The summed E-state index contributed by atoms with van der Waals surface area (Å²) in [6.45, 7) is 23.2. The van der Waals surface area contributed by atoms with Gasteiger partial charge in [0, 0.05) is 123 Å². The highest BCUT2D eigenvalue weighted by Crippen LogP contribution is 2.40. The molecule has 16 rings (SSSR count). The van der Waals surface area contributed by atoms with Gasteiger partial charge in [-0.1, -0.05) is 225 Å². The zero-order valence-electron chi connectivity index (χ0n) is 68.1. The summed E-state index contributed by atoms with van der Waals surface area (Å²) in [6, 6.07) is 93.2. The molecule has 4 fully saturated rings. The number of nitrogens with one attached hydrogen (secondary N) is 5. The third-order valence-corrected chi connectivity index (χ3v) is 21.0. The van der Waals surface area contributed by atoms with E-state index in [1.807, 2.05) is 136 Å². The number of amidine groups is 1. The number of fused-ring (bicyclic) bond motifs is 3. The highest BCUT2D eigenvalue weighted by Gasteiger charge is 2.40. The van der Waals surface area contributed by atoms with Crippen molar-refractivity contribution in [1.82, 2.24) is 35.4 Å². The normalized spacial score (nSPS) is 14.7. The number of anilines is 3. The van der Waals surface area contributed by atoms with Gasteiger partial charge in [0.2, 0.25) is 12.2 Å². The zero-order chi connectivity index (χ0) is 83.3. The first-order valence-corrected chi connectivity index (χ1v) is 40.6. The average molecular weight is 1590 g/mol. The number of pyridine rings is 3. The van der Waals surface area contributed by atoms with Crippen LogP contribution in [0.15, 0.2) is 307 Å². The lowest BCUT2D eigenvalue weighted by Crippen LogP contribution is -2.51. The first-order valence-electron chi connectivity index (χ1n) is 40.6. The highest BCUT2D eigenvalue weighted by atomic mass is 16.7. The largest absolute Gasteiger partial charge is 0.475 e. The molecule has 608 valence electrons. The van der Waals surface area contributed by atoms with Gasteiger partial charge >= 0.3 is 12.1 Å². The van der Waals surface area contributed by atoms with Crippen LogP contribution < -0.4 is 46.5 Å². The van der Waals surface area contributed by atoms with E-state index in [4.69, 9.17) is 41.8 Å². The third kappa shape index (κ3) is 26.1. The summed E-state index contributed by atoms with van der Waals surface area (Å²) < 4.78 is 21.7. The van der Waals surface area contributed by atoms with Crippen LogP contribution in [0.4, 0.5) is 17.5 Å². The number of likely N-dealkylation sites (tertiary alicyclic amines) is 2. The van der Waals surface area contributed by atoms with Crippen molar-refractivity contribution in [2.24, 2.45) is 20.8 Å². The van der Waals surface area contributed by atoms with Gasteiger partial charge in [-0.25, -0.2) is 15.0 Å². The highest BCUT2D eigenvalue weighted by molar-refractivity contribution is 5.93. The first-order chi connectivity index (χ1) is 58.6. The van der Waals surface area contributed by atoms with Crippen molar-refractivity contribution in [2.75, 3.05) is 101 Å². The van der Waals surface area contributed by atoms with E-state index >= 15 is 0 Å².